The van der Waals surface area contributed by atoms with E-state index in [0.717, 1.165) is 0 Å². The molecule has 5 atom stereocenters. The molecule has 1 heterocycles. The molecule has 1 saturated heterocycles. The van der Waals surface area contributed by atoms with Gasteiger partial charge in [0.1, 0.15) is 24.4 Å². The van der Waals surface area contributed by atoms with Crippen LogP contribution in [0.1, 0.15) is 10.4 Å². The van der Waals surface area contributed by atoms with E-state index in [0.29, 0.717) is 0 Å². The fraction of sp³-hybridized carbons (Fsp3) is 0.462. The number of anilines is 1. The molecule has 8 heteroatoms. The van der Waals surface area contributed by atoms with Crippen LogP contribution in [0.3, 0.4) is 0 Å². The molecule has 8 nitrogen and oxygen atoms in total. The molecule has 0 aliphatic carbocycles. The van der Waals surface area contributed by atoms with E-state index in [1.54, 1.807) is 12.1 Å². The first kappa shape index (κ1) is 15.7. The number of nitrogens with two attached hydrogens (primary N) is 1. The summed E-state index contributed by atoms with van der Waals surface area (Å²) in [5, 5.41) is 40.8. The van der Waals surface area contributed by atoms with E-state index in [1.807, 2.05) is 0 Å². The predicted octanol–water partition coefficient (Wildman–Crippen LogP) is -2.20. The molecule has 1 aliphatic heterocycles. The molecule has 1 fully saturated rings. The van der Waals surface area contributed by atoms with Gasteiger partial charge in [0.25, 0.3) is 5.91 Å². The Bertz CT molecular complexity index is 511. The number of amides is 1. The van der Waals surface area contributed by atoms with Gasteiger partial charge in [0, 0.05) is 5.69 Å². The number of carbonyl (C=O) groups is 1. The van der Waals surface area contributed by atoms with Crippen LogP contribution in [0, 0.1) is 0 Å². The van der Waals surface area contributed by atoms with Crippen LogP contribution < -0.4 is 11.1 Å². The van der Waals surface area contributed by atoms with E-state index in [2.05, 4.69) is 5.32 Å². The summed E-state index contributed by atoms with van der Waals surface area (Å²) in [4.78, 5) is 12.1. The van der Waals surface area contributed by atoms with Crippen molar-refractivity contribution in [2.45, 2.75) is 30.6 Å². The Kier molecular flexibility index (Phi) is 4.76. The number of nitrogens with one attached hydrogen (secondary N) is 1. The van der Waals surface area contributed by atoms with Gasteiger partial charge in [0.05, 0.1) is 12.2 Å². The third kappa shape index (κ3) is 3.14. The maximum Gasteiger partial charge on any atom is 0.253 e. The Morgan fingerprint density at radius 3 is 2.52 bits per heavy atom. The highest BCUT2D eigenvalue weighted by Crippen LogP contribution is 2.20. The Balaban J connectivity index is 2.12. The Morgan fingerprint density at radius 2 is 1.90 bits per heavy atom. The van der Waals surface area contributed by atoms with Crippen LogP contribution in [-0.2, 0) is 4.74 Å². The second kappa shape index (κ2) is 6.37. The van der Waals surface area contributed by atoms with Gasteiger partial charge in [-0.3, -0.25) is 4.79 Å². The first-order valence-electron chi connectivity index (χ1n) is 6.41. The van der Waals surface area contributed by atoms with Gasteiger partial charge in [-0.15, -0.1) is 0 Å². The normalized spacial score (nSPS) is 32.7. The predicted molar refractivity (Wildman–Crippen MR) is 72.1 cm³/mol. The van der Waals surface area contributed by atoms with Gasteiger partial charge in [-0.25, -0.2) is 0 Å². The highest BCUT2D eigenvalue weighted by Gasteiger charge is 2.44. The molecule has 116 valence electrons. The SMILES string of the molecule is Nc1ccccc1C(=O)N[C@@H]1[C@@H](O)[C@H](O)[C@@H](CO)O[C@H]1O. The van der Waals surface area contributed by atoms with Crippen LogP contribution in [0.15, 0.2) is 24.3 Å². The molecule has 1 amide bonds. The van der Waals surface area contributed by atoms with Crippen molar-refractivity contribution in [1.82, 2.24) is 5.32 Å². The summed E-state index contributed by atoms with van der Waals surface area (Å²) in [6.45, 7) is -0.568. The van der Waals surface area contributed by atoms with E-state index >= 15 is 0 Å². The molecule has 0 radical (unpaired) electrons. The average molecular weight is 298 g/mol. The molecule has 0 bridgehead atoms. The van der Waals surface area contributed by atoms with Crippen LogP contribution in [0.25, 0.3) is 0 Å². The van der Waals surface area contributed by atoms with Crippen LogP contribution in [0.5, 0.6) is 0 Å². The topological polar surface area (TPSA) is 145 Å². The van der Waals surface area contributed by atoms with Crippen molar-refractivity contribution in [1.29, 1.82) is 0 Å². The minimum Gasteiger partial charge on any atom is -0.398 e. The standard InChI is InChI=1S/C13H18N2O6/c14-7-4-2-1-3-6(7)12(19)15-9-11(18)10(17)8(5-16)21-13(9)20/h1-4,8-11,13,16-18,20H,5,14H2,(H,15,19)/t8-,9-,10-,11-,13-/m1/s1. The Labute approximate surface area is 120 Å². The van der Waals surface area contributed by atoms with Crippen molar-refractivity contribution in [3.05, 3.63) is 29.8 Å². The van der Waals surface area contributed by atoms with Crippen molar-refractivity contribution in [2.24, 2.45) is 0 Å². The van der Waals surface area contributed by atoms with E-state index < -0.39 is 43.2 Å². The smallest absolute Gasteiger partial charge is 0.253 e. The summed E-state index contributed by atoms with van der Waals surface area (Å²) < 4.78 is 4.95. The largest absolute Gasteiger partial charge is 0.398 e. The Morgan fingerprint density at radius 1 is 1.24 bits per heavy atom. The maximum absolute atomic E-state index is 12.1. The van der Waals surface area contributed by atoms with Crippen LogP contribution in [0.2, 0.25) is 0 Å². The minimum absolute atomic E-state index is 0.177. The zero-order valence-electron chi connectivity index (χ0n) is 11.1. The lowest BCUT2D eigenvalue weighted by Gasteiger charge is -2.40. The molecule has 0 spiro atoms. The van der Waals surface area contributed by atoms with Gasteiger partial charge < -0.3 is 36.2 Å². The molecule has 7 N–H and O–H groups in total. The fourth-order valence-corrected chi connectivity index (χ4v) is 2.19. The number of aliphatic hydroxyl groups is 4. The molecule has 21 heavy (non-hydrogen) atoms. The zero-order valence-corrected chi connectivity index (χ0v) is 11.1. The number of nitrogen functional groups attached to an aromatic ring is 1. The molecule has 0 unspecified atom stereocenters. The summed E-state index contributed by atoms with van der Waals surface area (Å²) in [6, 6.07) is 5.06. The lowest BCUT2D eigenvalue weighted by molar-refractivity contribution is -0.252. The molecule has 1 aromatic carbocycles. The minimum atomic E-state index is -1.56. The summed E-state index contributed by atoms with van der Waals surface area (Å²) in [6.07, 6.45) is -5.60. The first-order valence-corrected chi connectivity index (χ1v) is 6.41. The summed E-state index contributed by atoms with van der Waals surface area (Å²) in [5.74, 6) is -0.616. The molecule has 2 rings (SSSR count). The highest BCUT2D eigenvalue weighted by atomic mass is 16.6. The quantitative estimate of drug-likeness (QED) is 0.347. The second-order valence-electron chi connectivity index (χ2n) is 4.82. The molecule has 1 aliphatic rings. The number of carbonyl (C=O) groups excluding carboxylic acids is 1. The average Bonchev–Trinajstić information content (AvgIpc) is 2.47. The van der Waals surface area contributed by atoms with Crippen molar-refractivity contribution in [3.63, 3.8) is 0 Å². The van der Waals surface area contributed by atoms with Gasteiger partial charge in [-0.2, -0.15) is 0 Å². The summed E-state index contributed by atoms with van der Waals surface area (Å²) >= 11 is 0. The maximum atomic E-state index is 12.1. The second-order valence-corrected chi connectivity index (χ2v) is 4.82. The lowest BCUT2D eigenvalue weighted by atomic mass is 9.96. The molecule has 0 saturated carbocycles. The van der Waals surface area contributed by atoms with Crippen molar-refractivity contribution < 1.29 is 30.0 Å². The summed E-state index contributed by atoms with van der Waals surface area (Å²) in [5.41, 5.74) is 6.08. The number of aliphatic hydroxyl groups excluding tert-OH is 4. The van der Waals surface area contributed by atoms with Gasteiger partial charge in [-0.1, -0.05) is 12.1 Å². The van der Waals surface area contributed by atoms with Crippen LogP contribution in [-0.4, -0.2) is 63.6 Å². The third-order valence-electron chi connectivity index (χ3n) is 3.40. The number of ether oxygens (including phenoxy) is 1. The number of para-hydroxylation sites is 1. The highest BCUT2D eigenvalue weighted by molar-refractivity contribution is 5.99. The van der Waals surface area contributed by atoms with E-state index in [4.69, 9.17) is 15.6 Å². The molecule has 0 aromatic heterocycles. The molecular weight excluding hydrogens is 280 g/mol. The van der Waals surface area contributed by atoms with Gasteiger partial charge >= 0.3 is 0 Å². The lowest BCUT2D eigenvalue weighted by Crippen LogP contribution is -2.64. The molecule has 1 aromatic rings. The van der Waals surface area contributed by atoms with Crippen LogP contribution >= 0.6 is 0 Å². The zero-order chi connectivity index (χ0) is 15.6. The molecular formula is C13H18N2O6. The van der Waals surface area contributed by atoms with Crippen LogP contribution in [0.4, 0.5) is 5.69 Å². The van der Waals surface area contributed by atoms with Crippen molar-refractivity contribution in [2.75, 3.05) is 12.3 Å². The van der Waals surface area contributed by atoms with Crippen molar-refractivity contribution >= 4 is 11.6 Å². The van der Waals surface area contributed by atoms with E-state index in [9.17, 15) is 20.1 Å². The Hall–Kier alpha value is -1.71. The van der Waals surface area contributed by atoms with E-state index in [-0.39, 0.29) is 11.3 Å². The third-order valence-corrected chi connectivity index (χ3v) is 3.40. The van der Waals surface area contributed by atoms with Gasteiger partial charge in [0.15, 0.2) is 6.29 Å². The van der Waals surface area contributed by atoms with Gasteiger partial charge in [0.2, 0.25) is 0 Å². The number of rotatable bonds is 3. The van der Waals surface area contributed by atoms with Crippen molar-refractivity contribution in [3.8, 4) is 0 Å². The first-order chi connectivity index (χ1) is 9.95. The number of hydrogen-bond donors (Lipinski definition) is 6. The number of hydrogen-bond acceptors (Lipinski definition) is 7. The number of benzene rings is 1. The monoisotopic (exact) mass is 298 g/mol. The van der Waals surface area contributed by atoms with Gasteiger partial charge in [-0.05, 0) is 12.1 Å². The van der Waals surface area contributed by atoms with E-state index in [1.165, 1.54) is 12.1 Å². The fourth-order valence-electron chi connectivity index (χ4n) is 2.19. The summed E-state index contributed by atoms with van der Waals surface area (Å²) in [7, 11) is 0.